The van der Waals surface area contributed by atoms with Crippen LogP contribution in [0.5, 0.6) is 5.88 Å². The lowest BCUT2D eigenvalue weighted by molar-refractivity contribution is -0.140. The molecule has 0 radical (unpaired) electrons. The van der Waals surface area contributed by atoms with Crippen LogP contribution in [0.25, 0.3) is 33.9 Å². The quantitative estimate of drug-likeness (QED) is 0.401. The summed E-state index contributed by atoms with van der Waals surface area (Å²) in [4.78, 5) is 17.1. The predicted molar refractivity (Wildman–Crippen MR) is 125 cm³/mol. The van der Waals surface area contributed by atoms with Crippen LogP contribution in [0.4, 0.5) is 13.2 Å². The summed E-state index contributed by atoms with van der Waals surface area (Å²) >= 11 is 0. The van der Waals surface area contributed by atoms with Crippen molar-refractivity contribution in [3.05, 3.63) is 71.9 Å². The number of hydrogen-bond donors (Lipinski definition) is 1. The Kier molecular flexibility index (Phi) is 5.58. The summed E-state index contributed by atoms with van der Waals surface area (Å²) in [5.41, 5.74) is 2.54. The molecule has 0 amide bonds. The number of rotatable bonds is 5. The standard InChI is InChI=1S/C24H21F3N8O/c1-33-13-18(24(25,26)27)31-20(33)15-8-6-14(7-9-15)12-35-21-17(34(2)23(35)28)11-30-19(32-21)16-5-4-10-29-22(16)36-3/h4-11,13,28H,12H2,1-3H3. The van der Waals surface area contributed by atoms with Crippen molar-refractivity contribution in [3.8, 4) is 28.7 Å². The van der Waals surface area contributed by atoms with Crippen molar-refractivity contribution >= 4 is 11.2 Å². The van der Waals surface area contributed by atoms with E-state index in [2.05, 4.69) is 15.0 Å². The number of methoxy groups -OCH3 is 1. The molecule has 0 fully saturated rings. The maximum absolute atomic E-state index is 13.0. The Morgan fingerprint density at radius 2 is 1.78 bits per heavy atom. The van der Waals surface area contributed by atoms with Gasteiger partial charge < -0.3 is 13.9 Å². The Morgan fingerprint density at radius 1 is 1.03 bits per heavy atom. The molecule has 0 atom stereocenters. The van der Waals surface area contributed by atoms with Gasteiger partial charge in [0.2, 0.25) is 11.5 Å². The fraction of sp³-hybridized carbons (Fsp3) is 0.208. The first kappa shape index (κ1) is 23.3. The van der Waals surface area contributed by atoms with Crippen LogP contribution in [0.1, 0.15) is 11.3 Å². The lowest BCUT2D eigenvalue weighted by Crippen LogP contribution is -2.23. The predicted octanol–water partition coefficient (Wildman–Crippen LogP) is 3.79. The van der Waals surface area contributed by atoms with E-state index in [-0.39, 0.29) is 11.4 Å². The van der Waals surface area contributed by atoms with Crippen LogP contribution in [-0.2, 0) is 26.8 Å². The van der Waals surface area contributed by atoms with Gasteiger partial charge in [-0.05, 0) is 17.7 Å². The molecule has 5 rings (SSSR count). The van der Waals surface area contributed by atoms with E-state index >= 15 is 0 Å². The normalized spacial score (nSPS) is 11.8. The van der Waals surface area contributed by atoms with Gasteiger partial charge in [-0.2, -0.15) is 13.2 Å². The van der Waals surface area contributed by atoms with Gasteiger partial charge in [-0.3, -0.25) is 9.98 Å². The van der Waals surface area contributed by atoms with Crippen molar-refractivity contribution in [2.75, 3.05) is 7.11 Å². The minimum atomic E-state index is -4.51. The highest BCUT2D eigenvalue weighted by Gasteiger charge is 2.34. The number of pyridine rings is 1. The molecule has 0 bridgehead atoms. The molecule has 36 heavy (non-hydrogen) atoms. The van der Waals surface area contributed by atoms with Crippen molar-refractivity contribution < 1.29 is 17.9 Å². The summed E-state index contributed by atoms with van der Waals surface area (Å²) in [5, 5.41) is 8.59. The molecule has 184 valence electrons. The number of benzene rings is 1. The molecule has 0 aliphatic rings. The van der Waals surface area contributed by atoms with Crippen LogP contribution in [0.3, 0.4) is 0 Å². The number of imidazole rings is 2. The Hall–Kier alpha value is -4.48. The zero-order chi connectivity index (χ0) is 25.6. The van der Waals surface area contributed by atoms with Gasteiger partial charge in [0.15, 0.2) is 17.2 Å². The van der Waals surface area contributed by atoms with Gasteiger partial charge in [0.1, 0.15) is 11.3 Å². The summed E-state index contributed by atoms with van der Waals surface area (Å²) in [5.74, 6) is 1.03. The molecule has 1 aromatic carbocycles. The third kappa shape index (κ3) is 4.00. The highest BCUT2D eigenvalue weighted by molar-refractivity contribution is 5.74. The van der Waals surface area contributed by atoms with Gasteiger partial charge in [0.05, 0.1) is 25.4 Å². The Balaban J connectivity index is 1.51. The molecular weight excluding hydrogens is 473 g/mol. The highest BCUT2D eigenvalue weighted by Crippen LogP contribution is 2.31. The molecule has 4 heterocycles. The molecule has 4 aromatic heterocycles. The second kappa shape index (κ2) is 8.63. The number of nitrogens with zero attached hydrogens (tertiary/aromatic N) is 7. The van der Waals surface area contributed by atoms with Crippen LogP contribution in [0.2, 0.25) is 0 Å². The summed E-state index contributed by atoms with van der Waals surface area (Å²) in [6, 6.07) is 10.6. The molecule has 12 heteroatoms. The number of aryl methyl sites for hydroxylation is 2. The van der Waals surface area contributed by atoms with Crippen molar-refractivity contribution in [1.29, 1.82) is 5.41 Å². The molecule has 9 nitrogen and oxygen atoms in total. The number of nitrogens with one attached hydrogen (secondary N) is 1. The average molecular weight is 494 g/mol. The smallest absolute Gasteiger partial charge is 0.434 e. The van der Waals surface area contributed by atoms with E-state index in [0.29, 0.717) is 40.5 Å². The fourth-order valence-corrected chi connectivity index (χ4v) is 4.01. The van der Waals surface area contributed by atoms with Crippen LogP contribution >= 0.6 is 0 Å². The number of aromatic nitrogens is 7. The minimum Gasteiger partial charge on any atom is -0.480 e. The second-order valence-electron chi connectivity index (χ2n) is 8.19. The molecule has 1 N–H and O–H groups in total. The van der Waals surface area contributed by atoms with Crippen molar-refractivity contribution in [3.63, 3.8) is 0 Å². The molecule has 0 saturated heterocycles. The van der Waals surface area contributed by atoms with Crippen LogP contribution in [0, 0.1) is 5.41 Å². The number of halogens is 3. The second-order valence-corrected chi connectivity index (χ2v) is 8.19. The van der Waals surface area contributed by atoms with E-state index in [0.717, 1.165) is 11.8 Å². The van der Waals surface area contributed by atoms with Gasteiger partial charge in [-0.1, -0.05) is 24.3 Å². The summed E-state index contributed by atoms with van der Waals surface area (Å²) < 4.78 is 49.2. The van der Waals surface area contributed by atoms with E-state index in [1.165, 1.54) is 18.7 Å². The first-order valence-corrected chi connectivity index (χ1v) is 10.8. The Morgan fingerprint density at radius 3 is 2.44 bits per heavy atom. The molecule has 0 unspecified atom stereocenters. The molecule has 0 spiro atoms. The molecule has 0 saturated carbocycles. The Labute approximate surface area is 203 Å². The monoisotopic (exact) mass is 494 g/mol. The zero-order valence-corrected chi connectivity index (χ0v) is 19.6. The van der Waals surface area contributed by atoms with Crippen molar-refractivity contribution in [1.82, 2.24) is 33.6 Å². The summed E-state index contributed by atoms with van der Waals surface area (Å²) in [7, 11) is 4.81. The molecule has 0 aliphatic heterocycles. The van der Waals surface area contributed by atoms with Gasteiger partial charge >= 0.3 is 6.18 Å². The van der Waals surface area contributed by atoms with E-state index in [9.17, 15) is 13.2 Å². The van der Waals surface area contributed by atoms with E-state index in [1.807, 2.05) is 6.07 Å². The number of ether oxygens (including phenoxy) is 1. The van der Waals surface area contributed by atoms with Gasteiger partial charge in [0, 0.05) is 32.1 Å². The fourth-order valence-electron chi connectivity index (χ4n) is 4.01. The van der Waals surface area contributed by atoms with Crippen LogP contribution < -0.4 is 10.4 Å². The third-order valence-electron chi connectivity index (χ3n) is 5.87. The summed E-state index contributed by atoms with van der Waals surface area (Å²) in [6.45, 7) is 0.325. The highest BCUT2D eigenvalue weighted by atomic mass is 19.4. The van der Waals surface area contributed by atoms with Gasteiger partial charge in [0.25, 0.3) is 0 Å². The topological polar surface area (TPSA) is 99.4 Å². The minimum absolute atomic E-state index is 0.218. The SMILES string of the molecule is COc1ncccc1-c1ncc2c(n1)n(Cc1ccc(-c3nc(C(F)(F)F)cn3C)cc1)c(=N)n2C. The zero-order valence-electron chi connectivity index (χ0n) is 19.6. The lowest BCUT2D eigenvalue weighted by Gasteiger charge is -2.08. The molecule has 0 aliphatic carbocycles. The van der Waals surface area contributed by atoms with Gasteiger partial charge in [-0.15, -0.1) is 0 Å². The van der Waals surface area contributed by atoms with E-state index in [4.69, 9.17) is 15.1 Å². The molecule has 5 aromatic rings. The van der Waals surface area contributed by atoms with Crippen LogP contribution in [0.15, 0.2) is 55.0 Å². The number of alkyl halides is 3. The van der Waals surface area contributed by atoms with Crippen molar-refractivity contribution in [2.45, 2.75) is 12.7 Å². The van der Waals surface area contributed by atoms with Crippen molar-refractivity contribution in [2.24, 2.45) is 14.1 Å². The summed E-state index contributed by atoms with van der Waals surface area (Å²) in [6.07, 6.45) is -0.271. The lowest BCUT2D eigenvalue weighted by atomic mass is 10.1. The Bertz CT molecular complexity index is 1630. The van der Waals surface area contributed by atoms with Gasteiger partial charge in [-0.25, -0.2) is 19.9 Å². The third-order valence-corrected chi connectivity index (χ3v) is 5.87. The maximum Gasteiger partial charge on any atom is 0.434 e. The van der Waals surface area contributed by atoms with E-state index < -0.39 is 11.9 Å². The van der Waals surface area contributed by atoms with Crippen LogP contribution in [-0.4, -0.2) is 40.7 Å². The van der Waals surface area contributed by atoms with E-state index in [1.54, 1.807) is 58.9 Å². The maximum atomic E-state index is 13.0. The average Bonchev–Trinajstić information content (AvgIpc) is 3.38. The first-order valence-electron chi connectivity index (χ1n) is 10.8. The molecular formula is C24H21F3N8O. The number of fused-ring (bicyclic) bond motifs is 1. The number of hydrogen-bond acceptors (Lipinski definition) is 6. The largest absolute Gasteiger partial charge is 0.480 e. The first-order chi connectivity index (χ1) is 17.2.